The highest BCUT2D eigenvalue weighted by atomic mass is 32.1. The van der Waals surface area contributed by atoms with Crippen LogP contribution in [-0.4, -0.2) is 18.2 Å². The van der Waals surface area contributed by atoms with Crippen LogP contribution in [0.4, 0.5) is 0 Å². The molecule has 1 aliphatic carbocycles. The van der Waals surface area contributed by atoms with Gasteiger partial charge in [-0.25, -0.2) is 0 Å². The second-order valence-corrected chi connectivity index (χ2v) is 4.89. The molecule has 0 aromatic carbocycles. The van der Waals surface area contributed by atoms with Crippen molar-refractivity contribution in [3.63, 3.8) is 0 Å². The number of carbonyl (C=O) groups is 2. The monoisotopic (exact) mass is 223 g/mol. The van der Waals surface area contributed by atoms with E-state index in [9.17, 15) is 9.59 Å². The molecule has 1 aliphatic rings. The molecule has 1 saturated carbocycles. The Balaban J connectivity index is 1.79. The van der Waals surface area contributed by atoms with Crippen LogP contribution in [0.3, 0.4) is 0 Å². The molecule has 3 nitrogen and oxygen atoms in total. The van der Waals surface area contributed by atoms with Crippen molar-refractivity contribution in [1.29, 1.82) is 0 Å². The number of Topliss-reactive ketones (excluding diaryl/α,β-unsaturated/α-hetero) is 1. The molecule has 1 aromatic rings. The SMILES string of the molecule is C[C@@H]1C[C@@H]1C(=O)NCC(=O)c1cccs1. The van der Waals surface area contributed by atoms with Gasteiger partial charge in [-0.1, -0.05) is 13.0 Å². The topological polar surface area (TPSA) is 46.2 Å². The first kappa shape index (κ1) is 10.4. The number of nitrogens with one attached hydrogen (secondary N) is 1. The summed E-state index contributed by atoms with van der Waals surface area (Å²) in [7, 11) is 0. The zero-order valence-corrected chi connectivity index (χ0v) is 9.34. The first-order chi connectivity index (χ1) is 7.18. The van der Waals surface area contributed by atoms with Crippen molar-refractivity contribution in [3.8, 4) is 0 Å². The van der Waals surface area contributed by atoms with Crippen molar-refractivity contribution < 1.29 is 9.59 Å². The molecular formula is C11H13NO2S. The highest BCUT2D eigenvalue weighted by Crippen LogP contribution is 2.37. The molecule has 0 unspecified atom stereocenters. The van der Waals surface area contributed by atoms with Crippen LogP contribution in [0.1, 0.15) is 23.0 Å². The molecule has 1 heterocycles. The molecule has 0 aliphatic heterocycles. The van der Waals surface area contributed by atoms with E-state index in [-0.39, 0.29) is 24.2 Å². The van der Waals surface area contributed by atoms with Gasteiger partial charge in [0.2, 0.25) is 5.91 Å². The third-order valence-electron chi connectivity index (χ3n) is 2.67. The molecule has 15 heavy (non-hydrogen) atoms. The van der Waals surface area contributed by atoms with Gasteiger partial charge in [-0.2, -0.15) is 0 Å². The zero-order valence-electron chi connectivity index (χ0n) is 8.53. The molecule has 2 rings (SSSR count). The molecule has 0 bridgehead atoms. The normalized spacial score (nSPS) is 23.5. The molecule has 0 saturated heterocycles. The van der Waals surface area contributed by atoms with E-state index in [0.717, 1.165) is 6.42 Å². The fraction of sp³-hybridized carbons (Fsp3) is 0.455. The maximum absolute atomic E-state index is 11.5. The molecule has 1 amide bonds. The molecule has 4 heteroatoms. The molecule has 1 fully saturated rings. The van der Waals surface area contributed by atoms with E-state index in [4.69, 9.17) is 0 Å². The minimum Gasteiger partial charge on any atom is -0.348 e. The third kappa shape index (κ3) is 2.45. The Bertz CT molecular complexity index is 372. The van der Waals surface area contributed by atoms with Crippen LogP contribution in [0.15, 0.2) is 17.5 Å². The molecule has 1 aromatic heterocycles. The fourth-order valence-electron chi connectivity index (χ4n) is 1.51. The van der Waals surface area contributed by atoms with Crippen molar-refractivity contribution in [3.05, 3.63) is 22.4 Å². The maximum atomic E-state index is 11.5. The molecule has 80 valence electrons. The van der Waals surface area contributed by atoms with E-state index in [2.05, 4.69) is 5.32 Å². The summed E-state index contributed by atoms with van der Waals surface area (Å²) in [5.41, 5.74) is 0. The Labute approximate surface area is 92.5 Å². The van der Waals surface area contributed by atoms with Crippen molar-refractivity contribution in [1.82, 2.24) is 5.32 Å². The van der Waals surface area contributed by atoms with Gasteiger partial charge < -0.3 is 5.32 Å². The molecule has 0 spiro atoms. The van der Waals surface area contributed by atoms with Crippen LogP contribution in [0.5, 0.6) is 0 Å². The summed E-state index contributed by atoms with van der Waals surface area (Å²) in [5.74, 6) is 0.641. The average Bonchev–Trinajstić information content (AvgIpc) is 2.75. The van der Waals surface area contributed by atoms with E-state index < -0.39 is 0 Å². The first-order valence-corrected chi connectivity index (χ1v) is 5.91. The van der Waals surface area contributed by atoms with E-state index >= 15 is 0 Å². The van der Waals surface area contributed by atoms with Crippen LogP contribution in [-0.2, 0) is 4.79 Å². The second-order valence-electron chi connectivity index (χ2n) is 3.94. The number of ketones is 1. The van der Waals surface area contributed by atoms with Gasteiger partial charge in [-0.05, 0) is 23.8 Å². The standard InChI is InChI=1S/C11H13NO2S/c1-7-5-8(7)11(14)12-6-9(13)10-3-2-4-15-10/h2-4,7-8H,5-6H2,1H3,(H,12,14)/t7-,8+/m1/s1. The van der Waals surface area contributed by atoms with Crippen LogP contribution in [0.2, 0.25) is 0 Å². The Kier molecular flexibility index (Phi) is 2.86. The number of rotatable bonds is 4. The Hall–Kier alpha value is -1.16. The minimum absolute atomic E-state index is 0.00773. The number of amides is 1. The quantitative estimate of drug-likeness (QED) is 0.790. The maximum Gasteiger partial charge on any atom is 0.223 e. The summed E-state index contributed by atoms with van der Waals surface area (Å²) < 4.78 is 0. The summed E-state index contributed by atoms with van der Waals surface area (Å²) in [6.07, 6.45) is 0.957. The number of thiophene rings is 1. The van der Waals surface area contributed by atoms with E-state index in [1.165, 1.54) is 11.3 Å². The fourth-order valence-corrected chi connectivity index (χ4v) is 2.17. The number of hydrogen-bond acceptors (Lipinski definition) is 3. The van der Waals surface area contributed by atoms with Gasteiger partial charge in [0.1, 0.15) is 0 Å². The second kappa shape index (κ2) is 4.14. The lowest BCUT2D eigenvalue weighted by Crippen LogP contribution is -2.30. The zero-order chi connectivity index (χ0) is 10.8. The van der Waals surface area contributed by atoms with Gasteiger partial charge in [0.05, 0.1) is 11.4 Å². The minimum atomic E-state index is -0.00773. The lowest BCUT2D eigenvalue weighted by Gasteiger charge is -2.01. The Morgan fingerprint density at radius 1 is 1.60 bits per heavy atom. The highest BCUT2D eigenvalue weighted by molar-refractivity contribution is 7.12. The van der Waals surface area contributed by atoms with Crippen LogP contribution < -0.4 is 5.32 Å². The van der Waals surface area contributed by atoms with Crippen molar-refractivity contribution in [2.24, 2.45) is 11.8 Å². The lowest BCUT2D eigenvalue weighted by molar-refractivity contribution is -0.122. The Morgan fingerprint density at radius 3 is 2.87 bits per heavy atom. The van der Waals surface area contributed by atoms with Crippen LogP contribution >= 0.6 is 11.3 Å². The largest absolute Gasteiger partial charge is 0.348 e. The van der Waals surface area contributed by atoms with Crippen LogP contribution in [0, 0.1) is 11.8 Å². The lowest BCUT2D eigenvalue weighted by atomic mass is 10.3. The van der Waals surface area contributed by atoms with Gasteiger partial charge in [-0.15, -0.1) is 11.3 Å². The van der Waals surface area contributed by atoms with Gasteiger partial charge >= 0.3 is 0 Å². The van der Waals surface area contributed by atoms with Gasteiger partial charge in [-0.3, -0.25) is 9.59 Å². The first-order valence-electron chi connectivity index (χ1n) is 5.03. The average molecular weight is 223 g/mol. The van der Waals surface area contributed by atoms with Crippen molar-refractivity contribution >= 4 is 23.0 Å². The van der Waals surface area contributed by atoms with Gasteiger partial charge in [0, 0.05) is 5.92 Å². The third-order valence-corrected chi connectivity index (χ3v) is 3.58. The van der Waals surface area contributed by atoms with E-state index in [0.29, 0.717) is 10.8 Å². The summed E-state index contributed by atoms with van der Waals surface area (Å²) in [4.78, 5) is 23.7. The summed E-state index contributed by atoms with van der Waals surface area (Å²) in [6.45, 7) is 2.17. The molecular weight excluding hydrogens is 210 g/mol. The van der Waals surface area contributed by atoms with Crippen molar-refractivity contribution in [2.75, 3.05) is 6.54 Å². The van der Waals surface area contributed by atoms with E-state index in [1.807, 2.05) is 18.4 Å². The highest BCUT2D eigenvalue weighted by Gasteiger charge is 2.38. The molecule has 2 atom stereocenters. The predicted molar refractivity (Wildman–Crippen MR) is 58.9 cm³/mol. The van der Waals surface area contributed by atoms with Gasteiger partial charge in [0.25, 0.3) is 0 Å². The van der Waals surface area contributed by atoms with E-state index in [1.54, 1.807) is 6.07 Å². The summed E-state index contributed by atoms with van der Waals surface area (Å²) in [6, 6.07) is 3.61. The van der Waals surface area contributed by atoms with Crippen molar-refractivity contribution in [2.45, 2.75) is 13.3 Å². The van der Waals surface area contributed by atoms with Crippen LogP contribution in [0.25, 0.3) is 0 Å². The number of hydrogen-bond donors (Lipinski definition) is 1. The number of carbonyl (C=O) groups excluding carboxylic acids is 2. The molecule has 1 N–H and O–H groups in total. The predicted octanol–water partition coefficient (Wildman–Crippen LogP) is 1.70. The Morgan fingerprint density at radius 2 is 2.33 bits per heavy atom. The molecule has 0 radical (unpaired) electrons. The summed E-state index contributed by atoms with van der Waals surface area (Å²) >= 11 is 1.41. The van der Waals surface area contributed by atoms with Gasteiger partial charge in [0.15, 0.2) is 5.78 Å². The smallest absolute Gasteiger partial charge is 0.223 e. The summed E-state index contributed by atoms with van der Waals surface area (Å²) in [5, 5.41) is 4.54.